The van der Waals surface area contributed by atoms with Gasteiger partial charge < -0.3 is 4.74 Å². The van der Waals surface area contributed by atoms with Crippen LogP contribution in [-0.2, 0) is 20.9 Å². The molecule has 0 radical (unpaired) electrons. The van der Waals surface area contributed by atoms with Crippen molar-refractivity contribution in [1.29, 1.82) is 0 Å². The molecule has 4 nitrogen and oxygen atoms in total. The van der Waals surface area contributed by atoms with Crippen LogP contribution in [0.4, 0.5) is 0 Å². The highest BCUT2D eigenvalue weighted by Gasteiger charge is 2.40. The first-order chi connectivity index (χ1) is 10.2. The predicted octanol–water partition coefficient (Wildman–Crippen LogP) is 2.28. The number of carbonyl (C=O) groups is 3. The molecule has 3 rings (SSSR count). The summed E-state index contributed by atoms with van der Waals surface area (Å²) in [6.45, 7) is 0.201. The van der Waals surface area contributed by atoms with E-state index in [1.165, 1.54) is 0 Å². The van der Waals surface area contributed by atoms with Crippen molar-refractivity contribution in [1.82, 2.24) is 0 Å². The van der Waals surface area contributed by atoms with E-state index in [4.69, 9.17) is 4.74 Å². The molecule has 1 atom stereocenters. The van der Waals surface area contributed by atoms with Crippen molar-refractivity contribution in [3.8, 4) is 0 Å². The van der Waals surface area contributed by atoms with Crippen LogP contribution in [0.25, 0.3) is 0 Å². The van der Waals surface area contributed by atoms with Gasteiger partial charge >= 0.3 is 0 Å². The van der Waals surface area contributed by atoms with Crippen LogP contribution < -0.4 is 0 Å². The van der Waals surface area contributed by atoms with Gasteiger partial charge in [-0.05, 0) is 5.56 Å². The maximum atomic E-state index is 12.0. The van der Waals surface area contributed by atoms with Gasteiger partial charge in [0.1, 0.15) is 0 Å². The molecule has 2 aromatic carbocycles. The third-order valence-electron chi connectivity index (χ3n) is 3.42. The monoisotopic (exact) mass is 280 g/mol. The Balaban J connectivity index is 1.90. The molecular formula is C17H12O4. The van der Waals surface area contributed by atoms with Gasteiger partial charge in [-0.25, -0.2) is 0 Å². The summed E-state index contributed by atoms with van der Waals surface area (Å²) < 4.78 is 5.60. The third-order valence-corrected chi connectivity index (χ3v) is 3.42. The fourth-order valence-corrected chi connectivity index (χ4v) is 2.35. The van der Waals surface area contributed by atoms with E-state index in [0.717, 1.165) is 5.56 Å². The van der Waals surface area contributed by atoms with Crippen LogP contribution in [0.3, 0.4) is 0 Å². The molecule has 21 heavy (non-hydrogen) atoms. The Morgan fingerprint density at radius 1 is 0.810 bits per heavy atom. The summed E-state index contributed by atoms with van der Waals surface area (Å²) in [7, 11) is 0. The highest BCUT2D eigenvalue weighted by atomic mass is 16.5. The summed E-state index contributed by atoms with van der Waals surface area (Å²) in [4.78, 5) is 35.6. The standard InChI is InChI=1S/C17H12O4/c18-14-12-8-4-5-9-13(12)17(16(20)15(14)19)21-10-11-6-2-1-3-7-11/h1-9,17H,10H2. The van der Waals surface area contributed by atoms with Crippen LogP contribution in [0.5, 0.6) is 0 Å². The Morgan fingerprint density at radius 2 is 1.48 bits per heavy atom. The fourth-order valence-electron chi connectivity index (χ4n) is 2.35. The second kappa shape index (κ2) is 5.42. The molecule has 0 fully saturated rings. The van der Waals surface area contributed by atoms with Crippen LogP contribution in [-0.4, -0.2) is 17.3 Å². The number of ketones is 3. The van der Waals surface area contributed by atoms with Gasteiger partial charge in [-0.1, -0.05) is 54.6 Å². The Bertz CT molecular complexity index is 719. The molecule has 0 aromatic heterocycles. The van der Waals surface area contributed by atoms with Crippen molar-refractivity contribution in [3.05, 3.63) is 71.3 Å². The zero-order valence-electron chi connectivity index (χ0n) is 11.1. The zero-order valence-corrected chi connectivity index (χ0v) is 11.1. The van der Waals surface area contributed by atoms with E-state index in [9.17, 15) is 14.4 Å². The number of benzene rings is 2. The van der Waals surface area contributed by atoms with Crippen LogP contribution >= 0.6 is 0 Å². The lowest BCUT2D eigenvalue weighted by Gasteiger charge is -2.22. The first-order valence-corrected chi connectivity index (χ1v) is 6.56. The summed E-state index contributed by atoms with van der Waals surface area (Å²) in [6, 6.07) is 15.9. The van der Waals surface area contributed by atoms with E-state index in [-0.39, 0.29) is 12.2 Å². The molecule has 0 heterocycles. The molecule has 1 unspecified atom stereocenters. The van der Waals surface area contributed by atoms with Crippen molar-refractivity contribution in [2.24, 2.45) is 0 Å². The van der Waals surface area contributed by atoms with Gasteiger partial charge in [0, 0.05) is 11.1 Å². The topological polar surface area (TPSA) is 60.4 Å². The highest BCUT2D eigenvalue weighted by molar-refractivity contribution is 6.69. The van der Waals surface area contributed by atoms with Crippen molar-refractivity contribution >= 4 is 17.3 Å². The van der Waals surface area contributed by atoms with Gasteiger partial charge in [0.05, 0.1) is 6.61 Å². The van der Waals surface area contributed by atoms with E-state index in [1.807, 2.05) is 30.3 Å². The summed E-state index contributed by atoms with van der Waals surface area (Å²) in [5, 5.41) is 0. The Morgan fingerprint density at radius 3 is 2.24 bits per heavy atom. The second-order valence-electron chi connectivity index (χ2n) is 4.79. The van der Waals surface area contributed by atoms with Gasteiger partial charge in [-0.15, -0.1) is 0 Å². The van der Waals surface area contributed by atoms with Crippen molar-refractivity contribution in [3.63, 3.8) is 0 Å². The molecule has 0 saturated heterocycles. The molecule has 0 saturated carbocycles. The minimum absolute atomic E-state index is 0.201. The minimum Gasteiger partial charge on any atom is -0.360 e. The second-order valence-corrected chi connectivity index (χ2v) is 4.79. The van der Waals surface area contributed by atoms with Gasteiger partial charge in [-0.2, -0.15) is 0 Å². The quantitative estimate of drug-likeness (QED) is 0.809. The van der Waals surface area contributed by atoms with Gasteiger partial charge in [0.2, 0.25) is 11.6 Å². The van der Waals surface area contributed by atoms with E-state index in [0.29, 0.717) is 5.56 Å². The van der Waals surface area contributed by atoms with E-state index in [2.05, 4.69) is 0 Å². The van der Waals surface area contributed by atoms with Crippen molar-refractivity contribution in [2.75, 3.05) is 0 Å². The lowest BCUT2D eigenvalue weighted by Crippen LogP contribution is -2.36. The number of fused-ring (bicyclic) bond motifs is 1. The number of carbonyl (C=O) groups excluding carboxylic acids is 3. The summed E-state index contributed by atoms with van der Waals surface area (Å²) >= 11 is 0. The smallest absolute Gasteiger partial charge is 0.272 e. The number of rotatable bonds is 3. The van der Waals surface area contributed by atoms with Crippen LogP contribution in [0.1, 0.15) is 27.6 Å². The summed E-state index contributed by atoms with van der Waals surface area (Å²) in [5.74, 6) is -2.56. The molecule has 0 bridgehead atoms. The van der Waals surface area contributed by atoms with Crippen molar-refractivity contribution < 1.29 is 19.1 Å². The Kier molecular flexibility index (Phi) is 3.46. The van der Waals surface area contributed by atoms with Gasteiger partial charge in [0.15, 0.2) is 6.10 Å². The fraction of sp³-hybridized carbons (Fsp3) is 0.118. The normalized spacial score (nSPS) is 17.7. The molecule has 0 aliphatic heterocycles. The average molecular weight is 280 g/mol. The van der Waals surface area contributed by atoms with Crippen molar-refractivity contribution in [2.45, 2.75) is 12.7 Å². The minimum atomic E-state index is -1.01. The number of hydrogen-bond donors (Lipinski definition) is 0. The largest absolute Gasteiger partial charge is 0.360 e. The molecule has 0 N–H and O–H groups in total. The Hall–Kier alpha value is -2.59. The SMILES string of the molecule is O=C1C(=O)c2ccccc2C(OCc2ccccc2)C1=O. The first kappa shape index (κ1) is 13.4. The molecular weight excluding hydrogens is 268 g/mol. The maximum absolute atomic E-state index is 12.0. The molecule has 0 spiro atoms. The van der Waals surface area contributed by atoms with Crippen LogP contribution in [0.2, 0.25) is 0 Å². The molecule has 0 amide bonds. The predicted molar refractivity (Wildman–Crippen MR) is 74.8 cm³/mol. The van der Waals surface area contributed by atoms with Gasteiger partial charge in [0.25, 0.3) is 5.78 Å². The number of hydrogen-bond acceptors (Lipinski definition) is 4. The maximum Gasteiger partial charge on any atom is 0.272 e. The number of Topliss-reactive ketones (excluding diaryl/α,β-unsaturated/α-hetero) is 3. The average Bonchev–Trinajstić information content (AvgIpc) is 2.54. The number of ether oxygens (including phenoxy) is 1. The molecule has 2 aromatic rings. The van der Waals surface area contributed by atoms with E-state index < -0.39 is 23.5 Å². The van der Waals surface area contributed by atoms with E-state index in [1.54, 1.807) is 24.3 Å². The van der Waals surface area contributed by atoms with Gasteiger partial charge in [-0.3, -0.25) is 14.4 Å². The summed E-state index contributed by atoms with van der Waals surface area (Å²) in [5.41, 5.74) is 1.61. The molecule has 104 valence electrons. The molecule has 1 aliphatic carbocycles. The third kappa shape index (κ3) is 2.41. The van der Waals surface area contributed by atoms with Crippen LogP contribution in [0.15, 0.2) is 54.6 Å². The first-order valence-electron chi connectivity index (χ1n) is 6.56. The summed E-state index contributed by atoms with van der Waals surface area (Å²) in [6.07, 6.45) is -1.01. The Labute approximate surface area is 121 Å². The molecule has 4 heteroatoms. The van der Waals surface area contributed by atoms with Crippen LogP contribution in [0, 0.1) is 0 Å². The molecule has 1 aliphatic rings. The highest BCUT2D eigenvalue weighted by Crippen LogP contribution is 2.29. The lowest BCUT2D eigenvalue weighted by molar-refractivity contribution is -0.143. The zero-order chi connectivity index (χ0) is 14.8. The lowest BCUT2D eigenvalue weighted by atomic mass is 9.86. The van der Waals surface area contributed by atoms with E-state index >= 15 is 0 Å².